The van der Waals surface area contributed by atoms with Crippen LogP contribution in [0.1, 0.15) is 38.2 Å². The number of hydrogen-bond donors (Lipinski definition) is 2. The molecule has 20 heavy (non-hydrogen) atoms. The van der Waals surface area contributed by atoms with Crippen molar-refractivity contribution in [1.29, 1.82) is 0 Å². The summed E-state index contributed by atoms with van der Waals surface area (Å²) in [6, 6.07) is 5.71. The second kappa shape index (κ2) is 5.95. The fourth-order valence-electron chi connectivity index (χ4n) is 2.46. The summed E-state index contributed by atoms with van der Waals surface area (Å²) in [5.41, 5.74) is 1.81. The van der Waals surface area contributed by atoms with Gasteiger partial charge in [0.05, 0.1) is 11.8 Å². The number of halogens is 1. The Balaban J connectivity index is 2.14. The first-order valence-corrected chi connectivity index (χ1v) is 7.52. The molecular formula is C15H18BrNO3. The predicted octanol–water partition coefficient (Wildman–Crippen LogP) is 3.62. The van der Waals surface area contributed by atoms with Crippen LogP contribution in [0.25, 0.3) is 0 Å². The van der Waals surface area contributed by atoms with Gasteiger partial charge >= 0.3 is 5.97 Å². The third-order valence-corrected chi connectivity index (χ3v) is 4.32. The van der Waals surface area contributed by atoms with Crippen molar-refractivity contribution in [3.05, 3.63) is 28.2 Å². The van der Waals surface area contributed by atoms with Crippen molar-refractivity contribution < 1.29 is 14.7 Å². The van der Waals surface area contributed by atoms with Gasteiger partial charge < -0.3 is 10.4 Å². The molecule has 1 aliphatic rings. The highest BCUT2D eigenvalue weighted by Gasteiger charge is 2.41. The smallest absolute Gasteiger partial charge is 0.307 e. The van der Waals surface area contributed by atoms with Crippen LogP contribution in [0.4, 0.5) is 5.69 Å². The van der Waals surface area contributed by atoms with Gasteiger partial charge in [-0.05, 0) is 42.5 Å². The Morgan fingerprint density at radius 2 is 1.95 bits per heavy atom. The van der Waals surface area contributed by atoms with Gasteiger partial charge in [0, 0.05) is 10.2 Å². The molecule has 4 nitrogen and oxygen atoms in total. The molecule has 2 atom stereocenters. The van der Waals surface area contributed by atoms with E-state index in [-0.39, 0.29) is 11.8 Å². The summed E-state index contributed by atoms with van der Waals surface area (Å²) in [4.78, 5) is 23.2. The molecule has 0 bridgehead atoms. The van der Waals surface area contributed by atoms with Crippen molar-refractivity contribution in [2.75, 3.05) is 5.32 Å². The van der Waals surface area contributed by atoms with Crippen molar-refractivity contribution in [2.24, 2.45) is 11.8 Å². The number of benzene rings is 1. The third-order valence-electron chi connectivity index (χ3n) is 3.82. The van der Waals surface area contributed by atoms with E-state index >= 15 is 0 Å². The molecule has 2 rings (SSSR count). The Bertz CT molecular complexity index is 542. The lowest BCUT2D eigenvalue weighted by molar-refractivity contribution is -0.151. The summed E-state index contributed by atoms with van der Waals surface area (Å²) in [7, 11) is 0. The topological polar surface area (TPSA) is 66.4 Å². The lowest BCUT2D eigenvalue weighted by Crippen LogP contribution is -2.41. The van der Waals surface area contributed by atoms with E-state index in [9.17, 15) is 9.59 Å². The molecule has 1 aromatic rings. The van der Waals surface area contributed by atoms with E-state index in [0.29, 0.717) is 12.8 Å². The van der Waals surface area contributed by atoms with Crippen molar-refractivity contribution >= 4 is 33.5 Å². The van der Waals surface area contributed by atoms with Crippen LogP contribution in [0.5, 0.6) is 0 Å². The number of carbonyl (C=O) groups excluding carboxylic acids is 1. The molecule has 1 aliphatic carbocycles. The molecule has 1 fully saturated rings. The minimum atomic E-state index is -0.878. The molecule has 1 aromatic carbocycles. The van der Waals surface area contributed by atoms with Crippen LogP contribution in [0.2, 0.25) is 0 Å². The molecule has 2 unspecified atom stereocenters. The first-order valence-electron chi connectivity index (χ1n) is 6.73. The third kappa shape index (κ3) is 3.03. The van der Waals surface area contributed by atoms with E-state index in [4.69, 9.17) is 5.11 Å². The average Bonchev–Trinajstić information content (AvgIpc) is 2.28. The summed E-state index contributed by atoms with van der Waals surface area (Å²) in [6.07, 6.45) is 1.24. The van der Waals surface area contributed by atoms with Crippen LogP contribution in [0, 0.1) is 11.8 Å². The molecule has 1 saturated carbocycles. The van der Waals surface area contributed by atoms with Gasteiger partial charge in [0.1, 0.15) is 0 Å². The number of nitrogens with one attached hydrogen (secondary N) is 1. The van der Waals surface area contributed by atoms with Gasteiger partial charge in [-0.15, -0.1) is 0 Å². The van der Waals surface area contributed by atoms with E-state index in [0.717, 1.165) is 15.7 Å². The Morgan fingerprint density at radius 3 is 2.45 bits per heavy atom. The van der Waals surface area contributed by atoms with Gasteiger partial charge in [-0.3, -0.25) is 9.59 Å². The van der Waals surface area contributed by atoms with Gasteiger partial charge in [0.15, 0.2) is 0 Å². The molecule has 1 amide bonds. The van der Waals surface area contributed by atoms with Crippen molar-refractivity contribution in [3.63, 3.8) is 0 Å². The molecule has 0 aliphatic heterocycles. The standard InChI is InChI=1S/C15H18BrNO3/c1-8(2)12-7-9(16)3-6-13(12)17-14(18)10-4-5-11(10)15(19)20/h3,6-8,10-11H,4-5H2,1-2H3,(H,17,18)(H,19,20). The number of carbonyl (C=O) groups is 2. The van der Waals surface area contributed by atoms with Crippen LogP contribution in [0.15, 0.2) is 22.7 Å². The Hall–Kier alpha value is -1.36. The van der Waals surface area contributed by atoms with E-state index < -0.39 is 17.8 Å². The largest absolute Gasteiger partial charge is 0.481 e. The molecule has 2 N–H and O–H groups in total. The summed E-state index contributed by atoms with van der Waals surface area (Å²) in [5, 5.41) is 11.9. The number of amides is 1. The molecule has 5 heteroatoms. The van der Waals surface area contributed by atoms with Crippen molar-refractivity contribution in [2.45, 2.75) is 32.6 Å². The highest BCUT2D eigenvalue weighted by molar-refractivity contribution is 9.10. The quantitative estimate of drug-likeness (QED) is 0.880. The summed E-state index contributed by atoms with van der Waals surface area (Å²) < 4.78 is 0.964. The zero-order chi connectivity index (χ0) is 14.9. The van der Waals surface area contributed by atoms with Gasteiger partial charge in [0.2, 0.25) is 5.91 Å². The molecule has 0 aromatic heterocycles. The Morgan fingerprint density at radius 1 is 1.30 bits per heavy atom. The van der Waals surface area contributed by atoms with Crippen LogP contribution >= 0.6 is 15.9 Å². The number of rotatable bonds is 4. The highest BCUT2D eigenvalue weighted by Crippen LogP contribution is 2.36. The SMILES string of the molecule is CC(C)c1cc(Br)ccc1NC(=O)C1CCC1C(=O)O. The lowest BCUT2D eigenvalue weighted by Gasteiger charge is -2.32. The maximum Gasteiger partial charge on any atom is 0.307 e. The van der Waals surface area contributed by atoms with E-state index in [1.165, 1.54) is 0 Å². The minimum absolute atomic E-state index is 0.187. The minimum Gasteiger partial charge on any atom is -0.481 e. The normalized spacial score (nSPS) is 21.4. The van der Waals surface area contributed by atoms with Gasteiger partial charge in [-0.1, -0.05) is 29.8 Å². The molecule has 0 radical (unpaired) electrons. The molecular weight excluding hydrogens is 322 g/mol. The number of aliphatic carboxylic acids is 1. The maximum atomic E-state index is 12.2. The van der Waals surface area contributed by atoms with Crippen LogP contribution in [0.3, 0.4) is 0 Å². The highest BCUT2D eigenvalue weighted by atomic mass is 79.9. The first-order chi connectivity index (χ1) is 9.40. The first kappa shape index (κ1) is 15.0. The average molecular weight is 340 g/mol. The van der Waals surface area contributed by atoms with Gasteiger partial charge in [0.25, 0.3) is 0 Å². The molecule has 108 valence electrons. The van der Waals surface area contributed by atoms with E-state index in [1.807, 2.05) is 18.2 Å². The molecule has 0 spiro atoms. The fraction of sp³-hybridized carbons (Fsp3) is 0.467. The second-order valence-corrected chi connectivity index (χ2v) is 6.42. The number of hydrogen-bond acceptors (Lipinski definition) is 2. The summed E-state index contributed by atoms with van der Waals surface area (Å²) in [6.45, 7) is 4.11. The van der Waals surface area contributed by atoms with Gasteiger partial charge in [-0.25, -0.2) is 0 Å². The van der Waals surface area contributed by atoms with E-state index in [1.54, 1.807) is 0 Å². The molecule has 0 heterocycles. The number of carboxylic acids is 1. The van der Waals surface area contributed by atoms with Crippen LogP contribution in [-0.2, 0) is 9.59 Å². The Kier molecular flexibility index (Phi) is 4.48. The second-order valence-electron chi connectivity index (χ2n) is 5.50. The fourth-order valence-corrected chi connectivity index (χ4v) is 2.84. The summed E-state index contributed by atoms with van der Waals surface area (Å²) in [5.74, 6) is -1.73. The predicted molar refractivity (Wildman–Crippen MR) is 80.7 cm³/mol. The number of anilines is 1. The van der Waals surface area contributed by atoms with Gasteiger partial charge in [-0.2, -0.15) is 0 Å². The van der Waals surface area contributed by atoms with Crippen LogP contribution in [-0.4, -0.2) is 17.0 Å². The zero-order valence-electron chi connectivity index (χ0n) is 11.5. The van der Waals surface area contributed by atoms with Crippen LogP contribution < -0.4 is 5.32 Å². The molecule has 0 saturated heterocycles. The van der Waals surface area contributed by atoms with Crippen molar-refractivity contribution in [3.8, 4) is 0 Å². The van der Waals surface area contributed by atoms with Crippen molar-refractivity contribution in [1.82, 2.24) is 0 Å². The summed E-state index contributed by atoms with van der Waals surface area (Å²) >= 11 is 3.42. The monoisotopic (exact) mass is 339 g/mol. The van der Waals surface area contributed by atoms with E-state index in [2.05, 4.69) is 35.1 Å². The Labute approximate surface area is 126 Å². The number of carboxylic acid groups (broad SMARTS) is 1. The lowest BCUT2D eigenvalue weighted by atomic mass is 9.73. The maximum absolute atomic E-state index is 12.2. The zero-order valence-corrected chi connectivity index (χ0v) is 13.1.